The van der Waals surface area contributed by atoms with E-state index in [-0.39, 0.29) is 5.91 Å². The van der Waals surface area contributed by atoms with Crippen molar-refractivity contribution in [3.8, 4) is 0 Å². The number of hydrogen-bond acceptors (Lipinski definition) is 1. The minimum absolute atomic E-state index is 0.299. The maximum absolute atomic E-state index is 13.1. The van der Waals surface area contributed by atoms with Crippen LogP contribution in [-0.4, -0.2) is 10.9 Å². The lowest BCUT2D eigenvalue weighted by atomic mass is 10.1. The van der Waals surface area contributed by atoms with E-state index in [1.165, 1.54) is 18.2 Å². The van der Waals surface area contributed by atoms with Gasteiger partial charge in [0.15, 0.2) is 0 Å². The molecule has 0 saturated carbocycles. The van der Waals surface area contributed by atoms with Crippen molar-refractivity contribution < 1.29 is 9.18 Å². The van der Waals surface area contributed by atoms with E-state index in [0.717, 1.165) is 10.9 Å². The lowest BCUT2D eigenvalue weighted by molar-refractivity contribution is 0.102. The summed E-state index contributed by atoms with van der Waals surface area (Å²) < 4.78 is 13.1. The van der Waals surface area contributed by atoms with E-state index in [0.29, 0.717) is 11.3 Å². The van der Waals surface area contributed by atoms with E-state index in [4.69, 9.17) is 0 Å². The monoisotopic (exact) mass is 254 g/mol. The molecule has 0 radical (unpaired) electrons. The summed E-state index contributed by atoms with van der Waals surface area (Å²) in [5, 5.41) is 3.71. The molecule has 19 heavy (non-hydrogen) atoms. The first-order chi connectivity index (χ1) is 9.24. The van der Waals surface area contributed by atoms with Crippen LogP contribution in [0.15, 0.2) is 54.7 Å². The van der Waals surface area contributed by atoms with E-state index in [1.807, 2.05) is 30.5 Å². The molecule has 0 bridgehead atoms. The topological polar surface area (TPSA) is 44.9 Å². The van der Waals surface area contributed by atoms with Crippen molar-refractivity contribution in [3.05, 3.63) is 66.1 Å². The molecule has 0 unspecified atom stereocenters. The summed E-state index contributed by atoms with van der Waals surface area (Å²) in [6.45, 7) is 0. The number of fused-ring (bicyclic) bond motifs is 1. The summed E-state index contributed by atoms with van der Waals surface area (Å²) in [6, 6.07) is 13.1. The van der Waals surface area contributed by atoms with Crippen molar-refractivity contribution in [2.75, 3.05) is 5.32 Å². The second kappa shape index (κ2) is 4.57. The van der Waals surface area contributed by atoms with Crippen LogP contribution in [0.5, 0.6) is 0 Å². The van der Waals surface area contributed by atoms with Crippen molar-refractivity contribution in [1.82, 2.24) is 4.98 Å². The highest BCUT2D eigenvalue weighted by Crippen LogP contribution is 2.22. The van der Waals surface area contributed by atoms with Crippen LogP contribution in [0.3, 0.4) is 0 Å². The number of rotatable bonds is 2. The highest BCUT2D eigenvalue weighted by molar-refractivity contribution is 6.08. The summed E-state index contributed by atoms with van der Waals surface area (Å²) in [5.74, 6) is -0.749. The predicted octanol–water partition coefficient (Wildman–Crippen LogP) is 3.56. The lowest BCUT2D eigenvalue weighted by Crippen LogP contribution is -2.12. The van der Waals surface area contributed by atoms with Gasteiger partial charge >= 0.3 is 0 Å². The molecule has 0 spiro atoms. The Kier molecular flexibility index (Phi) is 2.76. The molecule has 0 aliphatic carbocycles. The summed E-state index contributed by atoms with van der Waals surface area (Å²) in [5.41, 5.74) is 1.94. The van der Waals surface area contributed by atoms with Gasteiger partial charge in [-0.15, -0.1) is 0 Å². The lowest BCUT2D eigenvalue weighted by Gasteiger charge is -2.06. The van der Waals surface area contributed by atoms with Gasteiger partial charge in [-0.05, 0) is 36.4 Å². The van der Waals surface area contributed by atoms with Crippen LogP contribution in [0.25, 0.3) is 10.9 Å². The van der Waals surface area contributed by atoms with Gasteiger partial charge in [-0.3, -0.25) is 4.79 Å². The number of carbonyl (C=O) groups excluding carboxylic acids is 1. The van der Waals surface area contributed by atoms with E-state index in [9.17, 15) is 9.18 Å². The first-order valence-corrected chi connectivity index (χ1v) is 5.87. The van der Waals surface area contributed by atoms with Crippen molar-refractivity contribution in [2.24, 2.45) is 0 Å². The summed E-state index contributed by atoms with van der Waals surface area (Å²) in [4.78, 5) is 15.1. The third-order valence-corrected chi connectivity index (χ3v) is 2.93. The van der Waals surface area contributed by atoms with Crippen LogP contribution in [0.2, 0.25) is 0 Å². The normalized spacial score (nSPS) is 10.6. The average Bonchev–Trinajstić information content (AvgIpc) is 2.88. The number of aromatic amines is 1. The third-order valence-electron chi connectivity index (χ3n) is 2.93. The number of hydrogen-bond donors (Lipinski definition) is 2. The number of nitrogens with one attached hydrogen (secondary N) is 2. The summed E-state index contributed by atoms with van der Waals surface area (Å²) >= 11 is 0. The molecule has 0 aliphatic rings. The third kappa shape index (κ3) is 2.20. The fourth-order valence-electron chi connectivity index (χ4n) is 2.02. The van der Waals surface area contributed by atoms with Gasteiger partial charge in [0.05, 0.1) is 5.69 Å². The number of aromatic nitrogens is 1. The van der Waals surface area contributed by atoms with Crippen LogP contribution >= 0.6 is 0 Å². The van der Waals surface area contributed by atoms with Gasteiger partial charge in [-0.25, -0.2) is 4.39 Å². The average molecular weight is 254 g/mol. The van der Waals surface area contributed by atoms with E-state index >= 15 is 0 Å². The van der Waals surface area contributed by atoms with Crippen molar-refractivity contribution in [3.63, 3.8) is 0 Å². The Bertz CT molecular complexity index is 748. The molecule has 0 atom stereocenters. The van der Waals surface area contributed by atoms with Crippen LogP contribution in [0, 0.1) is 5.82 Å². The van der Waals surface area contributed by atoms with Gasteiger partial charge in [-0.1, -0.05) is 12.1 Å². The molecule has 0 aliphatic heterocycles. The molecule has 3 nitrogen and oxygen atoms in total. The van der Waals surface area contributed by atoms with Crippen LogP contribution < -0.4 is 5.32 Å². The molecule has 4 heteroatoms. The highest BCUT2D eigenvalue weighted by Gasteiger charge is 2.09. The number of H-pyrrole nitrogens is 1. The number of amides is 1. The number of anilines is 1. The highest BCUT2D eigenvalue weighted by atomic mass is 19.1. The largest absolute Gasteiger partial charge is 0.361 e. The zero-order valence-electron chi connectivity index (χ0n) is 9.98. The fraction of sp³-hybridized carbons (Fsp3) is 0. The number of benzene rings is 2. The molecule has 2 N–H and O–H groups in total. The molecule has 1 heterocycles. The predicted molar refractivity (Wildman–Crippen MR) is 72.7 cm³/mol. The number of carbonyl (C=O) groups is 1. The van der Waals surface area contributed by atoms with Gasteiger partial charge < -0.3 is 10.3 Å². The minimum atomic E-state index is -0.424. The van der Waals surface area contributed by atoms with Gasteiger partial charge in [0, 0.05) is 22.7 Å². The molecule has 0 saturated heterocycles. The Morgan fingerprint density at radius 2 is 1.95 bits per heavy atom. The molecule has 0 fully saturated rings. The molecule has 3 aromatic rings. The molecule has 94 valence electrons. The van der Waals surface area contributed by atoms with Crippen LogP contribution in [-0.2, 0) is 0 Å². The Morgan fingerprint density at radius 1 is 1.11 bits per heavy atom. The first kappa shape index (κ1) is 11.5. The molecular formula is C15H11FN2O. The smallest absolute Gasteiger partial charge is 0.255 e. The second-order valence-corrected chi connectivity index (χ2v) is 4.21. The van der Waals surface area contributed by atoms with Crippen LogP contribution in [0.1, 0.15) is 10.4 Å². The quantitative estimate of drug-likeness (QED) is 0.721. The van der Waals surface area contributed by atoms with Crippen molar-refractivity contribution >= 4 is 22.5 Å². The fourth-order valence-corrected chi connectivity index (χ4v) is 2.02. The summed E-state index contributed by atoms with van der Waals surface area (Å²) in [7, 11) is 0. The first-order valence-electron chi connectivity index (χ1n) is 5.87. The van der Waals surface area contributed by atoms with Gasteiger partial charge in [0.1, 0.15) is 5.82 Å². The molecule has 1 amide bonds. The van der Waals surface area contributed by atoms with E-state index < -0.39 is 5.82 Å². The van der Waals surface area contributed by atoms with Gasteiger partial charge in [-0.2, -0.15) is 0 Å². The standard InChI is InChI=1S/C15H11FN2O/c16-11-4-1-3-10(9-11)15(19)18-14-6-2-5-13-12(14)7-8-17-13/h1-9,17H,(H,18,19). The Labute approximate surface area is 109 Å². The van der Waals surface area contributed by atoms with Crippen LogP contribution in [0.4, 0.5) is 10.1 Å². The Morgan fingerprint density at radius 3 is 2.79 bits per heavy atom. The zero-order chi connectivity index (χ0) is 13.2. The van der Waals surface area contributed by atoms with Crippen molar-refractivity contribution in [1.29, 1.82) is 0 Å². The Balaban J connectivity index is 1.93. The maximum Gasteiger partial charge on any atom is 0.255 e. The molecular weight excluding hydrogens is 243 g/mol. The molecule has 3 rings (SSSR count). The zero-order valence-corrected chi connectivity index (χ0v) is 9.98. The van der Waals surface area contributed by atoms with Gasteiger partial charge in [0.2, 0.25) is 0 Å². The van der Waals surface area contributed by atoms with Gasteiger partial charge in [0.25, 0.3) is 5.91 Å². The molecule has 2 aromatic carbocycles. The Hall–Kier alpha value is -2.62. The van der Waals surface area contributed by atoms with E-state index in [2.05, 4.69) is 10.3 Å². The molecule has 1 aromatic heterocycles. The maximum atomic E-state index is 13.1. The SMILES string of the molecule is O=C(Nc1cccc2[nH]ccc12)c1cccc(F)c1. The summed E-state index contributed by atoms with van der Waals surface area (Å²) in [6.07, 6.45) is 1.81. The minimum Gasteiger partial charge on any atom is -0.361 e. The van der Waals surface area contributed by atoms with E-state index in [1.54, 1.807) is 6.07 Å². The number of halogens is 1. The second-order valence-electron chi connectivity index (χ2n) is 4.21. The van der Waals surface area contributed by atoms with Crippen molar-refractivity contribution in [2.45, 2.75) is 0 Å².